The number of rotatable bonds is 2. The van der Waals surface area contributed by atoms with Crippen molar-refractivity contribution in [1.82, 2.24) is 29.8 Å². The van der Waals surface area contributed by atoms with Gasteiger partial charge in [0.2, 0.25) is 4.96 Å². The lowest BCUT2D eigenvalue weighted by molar-refractivity contribution is 0.966. The van der Waals surface area contributed by atoms with E-state index >= 15 is 0 Å². The Morgan fingerprint density at radius 2 is 1.92 bits per heavy atom. The molecule has 8 heteroatoms. The fourth-order valence-electron chi connectivity index (χ4n) is 2.81. The zero-order chi connectivity index (χ0) is 17.7. The van der Waals surface area contributed by atoms with Crippen LogP contribution < -0.4 is 0 Å². The summed E-state index contributed by atoms with van der Waals surface area (Å²) >= 11 is 4.97. The van der Waals surface area contributed by atoms with E-state index in [1.807, 2.05) is 49.4 Å². The number of halogens is 1. The van der Waals surface area contributed by atoms with Crippen LogP contribution in [0.15, 0.2) is 53.1 Å². The minimum Gasteiger partial charge on any atom is -0.237 e. The molecule has 0 saturated carbocycles. The molecule has 126 valence electrons. The molecule has 1 aromatic carbocycles. The normalized spacial score (nSPS) is 11.5. The van der Waals surface area contributed by atoms with Crippen LogP contribution in [-0.4, -0.2) is 29.8 Å². The van der Waals surface area contributed by atoms with Crippen molar-refractivity contribution in [3.8, 4) is 22.0 Å². The molecule has 0 amide bonds. The Labute approximate surface area is 160 Å². The van der Waals surface area contributed by atoms with Gasteiger partial charge < -0.3 is 0 Å². The third-order valence-corrected chi connectivity index (χ3v) is 5.58. The van der Waals surface area contributed by atoms with Gasteiger partial charge in [-0.15, -0.1) is 10.2 Å². The molecule has 26 heavy (non-hydrogen) atoms. The van der Waals surface area contributed by atoms with Crippen molar-refractivity contribution in [3.05, 3.63) is 58.8 Å². The van der Waals surface area contributed by atoms with Crippen LogP contribution in [-0.2, 0) is 0 Å². The van der Waals surface area contributed by atoms with E-state index in [1.54, 1.807) is 10.7 Å². The minimum atomic E-state index is 0.690. The topological polar surface area (TPSA) is 68.9 Å². The molecule has 0 saturated heterocycles. The first-order valence-corrected chi connectivity index (χ1v) is 9.51. The summed E-state index contributed by atoms with van der Waals surface area (Å²) in [6.07, 6.45) is 1.74. The van der Waals surface area contributed by atoms with Gasteiger partial charge in [0, 0.05) is 27.2 Å². The van der Waals surface area contributed by atoms with Crippen molar-refractivity contribution in [2.45, 2.75) is 6.92 Å². The van der Waals surface area contributed by atoms with E-state index in [9.17, 15) is 0 Å². The van der Waals surface area contributed by atoms with Crippen molar-refractivity contribution < 1.29 is 0 Å². The quantitative estimate of drug-likeness (QED) is 0.417. The molecule has 0 unspecified atom stereocenters. The van der Waals surface area contributed by atoms with E-state index in [0.29, 0.717) is 5.82 Å². The zero-order valence-corrected chi connectivity index (χ0v) is 16.0. The molecule has 6 nitrogen and oxygen atoms in total. The summed E-state index contributed by atoms with van der Waals surface area (Å²) in [4.78, 5) is 9.65. The van der Waals surface area contributed by atoms with Gasteiger partial charge in [0.05, 0.1) is 5.69 Å². The molecule has 0 aliphatic heterocycles. The predicted octanol–water partition coefficient (Wildman–Crippen LogP) is 4.53. The largest absolute Gasteiger partial charge is 0.237 e. The molecule has 5 rings (SSSR count). The van der Waals surface area contributed by atoms with E-state index in [1.165, 1.54) is 11.3 Å². The number of fused-ring (bicyclic) bond motifs is 2. The molecule has 4 heterocycles. The molecule has 0 radical (unpaired) electrons. The van der Waals surface area contributed by atoms with Gasteiger partial charge in [-0.3, -0.25) is 0 Å². The average molecular weight is 423 g/mol. The lowest BCUT2D eigenvalue weighted by Gasteiger charge is -2.04. The van der Waals surface area contributed by atoms with Gasteiger partial charge >= 0.3 is 0 Å². The Morgan fingerprint density at radius 1 is 1.08 bits per heavy atom. The highest BCUT2D eigenvalue weighted by molar-refractivity contribution is 9.10. The second-order valence-electron chi connectivity index (χ2n) is 5.80. The number of benzene rings is 1. The lowest BCUT2D eigenvalue weighted by Crippen LogP contribution is -1.96. The van der Waals surface area contributed by atoms with Crippen molar-refractivity contribution in [3.63, 3.8) is 0 Å². The Balaban J connectivity index is 1.68. The summed E-state index contributed by atoms with van der Waals surface area (Å²) in [5.41, 5.74) is 3.53. The number of aryl methyl sites for hydroxylation is 1. The second kappa shape index (κ2) is 5.93. The average Bonchev–Trinajstić information content (AvgIpc) is 3.23. The molecule has 0 fully saturated rings. The van der Waals surface area contributed by atoms with Crippen molar-refractivity contribution in [1.29, 1.82) is 0 Å². The number of nitrogens with zero attached hydrogens (tertiary/aromatic N) is 6. The molecular formula is C18H11BrN6S. The summed E-state index contributed by atoms with van der Waals surface area (Å²) in [5, 5.41) is 15.2. The number of aromatic nitrogens is 6. The molecule has 0 N–H and O–H groups in total. The summed E-state index contributed by atoms with van der Waals surface area (Å²) in [5.74, 6) is 0.690. The number of hydrogen-bond acceptors (Lipinski definition) is 6. The van der Waals surface area contributed by atoms with Crippen LogP contribution in [0.1, 0.15) is 5.69 Å². The van der Waals surface area contributed by atoms with Crippen LogP contribution in [0.25, 0.3) is 38.0 Å². The number of hydrogen-bond donors (Lipinski definition) is 0. The van der Waals surface area contributed by atoms with Crippen LogP contribution in [0.4, 0.5) is 0 Å². The molecule has 0 aliphatic carbocycles. The monoisotopic (exact) mass is 422 g/mol. The molecule has 0 aliphatic rings. The van der Waals surface area contributed by atoms with Gasteiger partial charge in [0.25, 0.3) is 0 Å². The zero-order valence-electron chi connectivity index (χ0n) is 13.6. The first-order chi connectivity index (χ1) is 12.7. The highest BCUT2D eigenvalue weighted by Crippen LogP contribution is 2.30. The Hall–Kier alpha value is -2.71. The van der Waals surface area contributed by atoms with Gasteiger partial charge in [-0.05, 0) is 37.3 Å². The highest BCUT2D eigenvalue weighted by Gasteiger charge is 2.17. The van der Waals surface area contributed by atoms with Gasteiger partial charge in [-0.2, -0.15) is 9.61 Å². The van der Waals surface area contributed by atoms with E-state index in [4.69, 9.17) is 5.10 Å². The third-order valence-electron chi connectivity index (χ3n) is 4.10. The predicted molar refractivity (Wildman–Crippen MR) is 105 cm³/mol. The van der Waals surface area contributed by atoms with Crippen molar-refractivity contribution >= 4 is 43.3 Å². The first-order valence-electron chi connectivity index (χ1n) is 7.90. The maximum absolute atomic E-state index is 4.72. The highest BCUT2D eigenvalue weighted by atomic mass is 79.9. The lowest BCUT2D eigenvalue weighted by atomic mass is 10.1. The summed E-state index contributed by atoms with van der Waals surface area (Å²) < 4.78 is 2.82. The molecule has 0 atom stereocenters. The molecule has 4 aromatic heterocycles. The fourth-order valence-corrected chi connectivity index (χ4v) is 3.92. The Bertz CT molecular complexity index is 1260. The molecule has 0 bridgehead atoms. The first kappa shape index (κ1) is 15.5. The summed E-state index contributed by atoms with van der Waals surface area (Å²) in [6.45, 7) is 1.95. The van der Waals surface area contributed by atoms with E-state index < -0.39 is 0 Å². The van der Waals surface area contributed by atoms with Gasteiger partial charge in [0.1, 0.15) is 5.01 Å². The fraction of sp³-hybridized carbons (Fsp3) is 0.0556. The van der Waals surface area contributed by atoms with E-state index in [2.05, 4.69) is 36.1 Å². The third kappa shape index (κ3) is 2.49. The number of pyridine rings is 2. The van der Waals surface area contributed by atoms with Gasteiger partial charge in [-0.25, -0.2) is 9.97 Å². The van der Waals surface area contributed by atoms with Crippen LogP contribution in [0.5, 0.6) is 0 Å². The molecule has 0 spiro atoms. The SMILES string of the molecule is Cc1nc2ncccc2cc1-c1nnc2sc(-c3ccc(Br)cc3)nn12. The smallest absolute Gasteiger partial charge is 0.235 e. The Kier molecular flexibility index (Phi) is 3.54. The summed E-state index contributed by atoms with van der Waals surface area (Å²) in [6, 6.07) is 14.0. The maximum Gasteiger partial charge on any atom is 0.235 e. The van der Waals surface area contributed by atoms with Crippen LogP contribution in [0.3, 0.4) is 0 Å². The minimum absolute atomic E-state index is 0.690. The van der Waals surface area contributed by atoms with E-state index in [0.717, 1.165) is 42.3 Å². The second-order valence-corrected chi connectivity index (χ2v) is 7.68. The van der Waals surface area contributed by atoms with Crippen LogP contribution in [0.2, 0.25) is 0 Å². The molecule has 5 aromatic rings. The summed E-state index contributed by atoms with van der Waals surface area (Å²) in [7, 11) is 0. The van der Waals surface area contributed by atoms with Crippen molar-refractivity contribution in [2.75, 3.05) is 0 Å². The standard InChI is InChI=1S/C18H11BrN6S/c1-10-14(9-12-3-2-8-20-15(12)21-10)16-22-23-18-25(16)24-17(26-18)11-4-6-13(19)7-5-11/h2-9H,1H3. The van der Waals surface area contributed by atoms with Crippen LogP contribution in [0, 0.1) is 6.92 Å². The molecular weight excluding hydrogens is 412 g/mol. The maximum atomic E-state index is 4.72. The van der Waals surface area contributed by atoms with E-state index in [-0.39, 0.29) is 0 Å². The Morgan fingerprint density at radius 3 is 2.77 bits per heavy atom. The van der Waals surface area contributed by atoms with Gasteiger partial charge in [-0.1, -0.05) is 39.4 Å². The van der Waals surface area contributed by atoms with Crippen molar-refractivity contribution in [2.24, 2.45) is 0 Å². The van der Waals surface area contributed by atoms with Gasteiger partial charge in [0.15, 0.2) is 11.5 Å². The van der Waals surface area contributed by atoms with Crippen LogP contribution >= 0.6 is 27.3 Å².